The second-order valence-corrected chi connectivity index (χ2v) is 4.96. The van der Waals surface area contributed by atoms with Crippen LogP contribution in [0.25, 0.3) is 0 Å². The average molecular weight is 284 g/mol. The Morgan fingerprint density at radius 3 is 2.80 bits per heavy atom. The molecule has 1 aliphatic heterocycles. The molecule has 20 heavy (non-hydrogen) atoms. The predicted molar refractivity (Wildman–Crippen MR) is 69.9 cm³/mol. The zero-order chi connectivity index (χ0) is 14.7. The molecular formula is C14H18F2N2O2. The summed E-state index contributed by atoms with van der Waals surface area (Å²) in [6.45, 7) is 4.83. The van der Waals surface area contributed by atoms with E-state index in [1.165, 1.54) is 6.07 Å². The molecule has 0 bridgehead atoms. The molecule has 0 radical (unpaired) electrons. The summed E-state index contributed by atoms with van der Waals surface area (Å²) in [5.41, 5.74) is 0.527. The molecule has 0 spiro atoms. The second kappa shape index (κ2) is 6.28. The predicted octanol–water partition coefficient (Wildman–Crippen LogP) is 1.82. The van der Waals surface area contributed by atoms with Crippen LogP contribution in [0.15, 0.2) is 18.2 Å². The summed E-state index contributed by atoms with van der Waals surface area (Å²) < 4.78 is 31.7. The molecule has 6 heteroatoms. The Kier molecular flexibility index (Phi) is 4.67. The lowest BCUT2D eigenvalue weighted by molar-refractivity contribution is -0.129. The van der Waals surface area contributed by atoms with Crippen LogP contribution in [0, 0.1) is 11.6 Å². The summed E-state index contributed by atoms with van der Waals surface area (Å²) in [6, 6.07) is 3.66. The topological polar surface area (TPSA) is 41.6 Å². The summed E-state index contributed by atoms with van der Waals surface area (Å²) in [5, 5.41) is 2.99. The molecule has 0 aliphatic carbocycles. The van der Waals surface area contributed by atoms with Crippen molar-refractivity contribution < 1.29 is 18.3 Å². The van der Waals surface area contributed by atoms with E-state index in [0.717, 1.165) is 12.1 Å². The standard InChI is InChI=1S/C14H18F2N2O2/c1-9(2)20-6-5-18-13(19)8-17-14(18)10-3-4-11(15)12(16)7-10/h3-4,7,9,14,17H,5-6,8H2,1-2H3. The first-order valence-electron chi connectivity index (χ1n) is 6.58. The molecule has 1 fully saturated rings. The van der Waals surface area contributed by atoms with Gasteiger partial charge in [-0.2, -0.15) is 0 Å². The van der Waals surface area contributed by atoms with Crippen molar-refractivity contribution >= 4 is 5.91 Å². The fraction of sp³-hybridized carbons (Fsp3) is 0.500. The molecular weight excluding hydrogens is 266 g/mol. The zero-order valence-corrected chi connectivity index (χ0v) is 11.5. The highest BCUT2D eigenvalue weighted by molar-refractivity contribution is 5.80. The van der Waals surface area contributed by atoms with Crippen LogP contribution in [0.5, 0.6) is 0 Å². The first-order chi connectivity index (χ1) is 9.49. The van der Waals surface area contributed by atoms with Crippen LogP contribution in [0.2, 0.25) is 0 Å². The van der Waals surface area contributed by atoms with Gasteiger partial charge >= 0.3 is 0 Å². The van der Waals surface area contributed by atoms with Crippen LogP contribution in [0.4, 0.5) is 8.78 Å². The van der Waals surface area contributed by atoms with Gasteiger partial charge in [-0.25, -0.2) is 8.78 Å². The van der Waals surface area contributed by atoms with Crippen molar-refractivity contribution in [2.24, 2.45) is 0 Å². The summed E-state index contributed by atoms with van der Waals surface area (Å²) in [7, 11) is 0. The average Bonchev–Trinajstić information content (AvgIpc) is 2.74. The van der Waals surface area contributed by atoms with E-state index in [1.807, 2.05) is 13.8 Å². The maximum Gasteiger partial charge on any atom is 0.238 e. The van der Waals surface area contributed by atoms with E-state index in [2.05, 4.69) is 5.32 Å². The Hall–Kier alpha value is -1.53. The fourth-order valence-corrected chi connectivity index (χ4v) is 2.16. The lowest BCUT2D eigenvalue weighted by atomic mass is 10.1. The van der Waals surface area contributed by atoms with Crippen LogP contribution >= 0.6 is 0 Å². The first-order valence-corrected chi connectivity index (χ1v) is 6.58. The normalized spacial score (nSPS) is 19.1. The maximum atomic E-state index is 13.3. The zero-order valence-electron chi connectivity index (χ0n) is 11.5. The van der Waals surface area contributed by atoms with Gasteiger partial charge in [0.1, 0.15) is 6.17 Å². The Morgan fingerprint density at radius 1 is 1.40 bits per heavy atom. The van der Waals surface area contributed by atoms with Crippen molar-refractivity contribution in [2.45, 2.75) is 26.1 Å². The SMILES string of the molecule is CC(C)OCCN1C(=O)CNC1c1ccc(F)c(F)c1. The highest BCUT2D eigenvalue weighted by Gasteiger charge is 2.31. The number of hydrogen-bond acceptors (Lipinski definition) is 3. The lowest BCUT2D eigenvalue weighted by Crippen LogP contribution is -2.33. The molecule has 1 unspecified atom stereocenters. The first kappa shape index (κ1) is 14.9. The molecule has 1 aromatic rings. The molecule has 1 N–H and O–H groups in total. The van der Waals surface area contributed by atoms with Gasteiger partial charge in [0.05, 0.1) is 19.3 Å². The third kappa shape index (κ3) is 3.32. The Morgan fingerprint density at radius 2 is 2.15 bits per heavy atom. The van der Waals surface area contributed by atoms with Gasteiger partial charge in [-0.1, -0.05) is 6.07 Å². The van der Waals surface area contributed by atoms with Gasteiger partial charge in [-0.15, -0.1) is 0 Å². The number of halogens is 2. The van der Waals surface area contributed by atoms with Gasteiger partial charge < -0.3 is 9.64 Å². The second-order valence-electron chi connectivity index (χ2n) is 4.96. The number of ether oxygens (including phenoxy) is 1. The Labute approximate surface area is 116 Å². The Balaban J connectivity index is 2.08. The molecule has 2 rings (SSSR count). The van der Waals surface area contributed by atoms with E-state index in [0.29, 0.717) is 18.7 Å². The van der Waals surface area contributed by atoms with E-state index in [1.54, 1.807) is 4.90 Å². The monoisotopic (exact) mass is 284 g/mol. The highest BCUT2D eigenvalue weighted by atomic mass is 19.2. The molecule has 0 aromatic heterocycles. The maximum absolute atomic E-state index is 13.3. The smallest absolute Gasteiger partial charge is 0.238 e. The summed E-state index contributed by atoms with van der Waals surface area (Å²) in [4.78, 5) is 13.4. The van der Waals surface area contributed by atoms with Gasteiger partial charge in [0.25, 0.3) is 0 Å². The number of nitrogens with zero attached hydrogens (tertiary/aromatic N) is 1. The van der Waals surface area contributed by atoms with Crippen LogP contribution in [-0.4, -0.2) is 36.6 Å². The number of rotatable bonds is 5. The fourth-order valence-electron chi connectivity index (χ4n) is 2.16. The summed E-state index contributed by atoms with van der Waals surface area (Å²) in [5.74, 6) is -1.89. The van der Waals surface area contributed by atoms with Gasteiger partial charge in [-0.3, -0.25) is 10.1 Å². The lowest BCUT2D eigenvalue weighted by Gasteiger charge is -2.25. The Bertz CT molecular complexity index is 494. The van der Waals surface area contributed by atoms with Crippen LogP contribution in [-0.2, 0) is 9.53 Å². The van der Waals surface area contributed by atoms with E-state index < -0.39 is 17.8 Å². The van der Waals surface area contributed by atoms with Crippen LogP contribution < -0.4 is 5.32 Å². The number of amides is 1. The molecule has 4 nitrogen and oxygen atoms in total. The van der Waals surface area contributed by atoms with Crippen molar-refractivity contribution in [3.8, 4) is 0 Å². The number of benzene rings is 1. The van der Waals surface area contributed by atoms with Crippen molar-refractivity contribution in [3.05, 3.63) is 35.4 Å². The van der Waals surface area contributed by atoms with Crippen molar-refractivity contribution in [2.75, 3.05) is 19.7 Å². The summed E-state index contributed by atoms with van der Waals surface area (Å²) >= 11 is 0. The number of hydrogen-bond donors (Lipinski definition) is 1. The highest BCUT2D eigenvalue weighted by Crippen LogP contribution is 2.23. The molecule has 1 amide bonds. The quantitative estimate of drug-likeness (QED) is 0.896. The number of carbonyl (C=O) groups is 1. The molecule has 1 heterocycles. The minimum absolute atomic E-state index is 0.0768. The summed E-state index contributed by atoms with van der Waals surface area (Å²) in [6.07, 6.45) is -0.351. The van der Waals surface area contributed by atoms with Crippen LogP contribution in [0.1, 0.15) is 25.6 Å². The molecule has 1 aromatic carbocycles. The third-order valence-electron chi connectivity index (χ3n) is 3.12. The van der Waals surface area contributed by atoms with Gasteiger partial charge in [0.2, 0.25) is 5.91 Å². The minimum atomic E-state index is -0.915. The van der Waals surface area contributed by atoms with E-state index >= 15 is 0 Å². The number of nitrogens with one attached hydrogen (secondary N) is 1. The van der Waals surface area contributed by atoms with Crippen molar-refractivity contribution in [1.29, 1.82) is 0 Å². The molecule has 1 aliphatic rings. The molecule has 1 saturated heterocycles. The molecule has 1 atom stereocenters. The molecule has 110 valence electrons. The third-order valence-corrected chi connectivity index (χ3v) is 3.12. The van der Waals surface area contributed by atoms with Crippen molar-refractivity contribution in [3.63, 3.8) is 0 Å². The largest absolute Gasteiger partial charge is 0.377 e. The molecule has 0 saturated carbocycles. The van der Waals surface area contributed by atoms with E-state index in [4.69, 9.17) is 4.74 Å². The number of carbonyl (C=O) groups excluding carboxylic acids is 1. The van der Waals surface area contributed by atoms with E-state index in [9.17, 15) is 13.6 Å². The van der Waals surface area contributed by atoms with Gasteiger partial charge in [0.15, 0.2) is 11.6 Å². The van der Waals surface area contributed by atoms with Crippen molar-refractivity contribution in [1.82, 2.24) is 10.2 Å². The van der Waals surface area contributed by atoms with E-state index in [-0.39, 0.29) is 18.6 Å². The van der Waals surface area contributed by atoms with Crippen LogP contribution in [0.3, 0.4) is 0 Å². The van der Waals surface area contributed by atoms with Gasteiger partial charge in [0, 0.05) is 6.54 Å². The minimum Gasteiger partial charge on any atom is -0.377 e. The van der Waals surface area contributed by atoms with Gasteiger partial charge in [-0.05, 0) is 31.5 Å².